The quantitative estimate of drug-likeness (QED) is 0.590. The van der Waals surface area contributed by atoms with E-state index < -0.39 is 0 Å². The van der Waals surface area contributed by atoms with Crippen molar-refractivity contribution in [1.29, 1.82) is 0 Å². The van der Waals surface area contributed by atoms with E-state index in [-0.39, 0.29) is 11.5 Å². The second-order valence-corrected chi connectivity index (χ2v) is 8.42. The molecule has 1 spiro atoms. The number of fused-ring (bicyclic) bond motifs is 1. The van der Waals surface area contributed by atoms with E-state index in [0.717, 1.165) is 41.6 Å². The first kappa shape index (κ1) is 19.3. The molecule has 6 heteroatoms. The van der Waals surface area contributed by atoms with E-state index in [1.54, 1.807) is 6.20 Å². The van der Waals surface area contributed by atoms with Crippen molar-refractivity contribution >= 4 is 16.8 Å². The summed E-state index contributed by atoms with van der Waals surface area (Å²) in [6.07, 6.45) is 5.79. The monoisotopic (exact) mass is 405 g/mol. The number of likely N-dealkylation sites (tertiary alicyclic amines) is 1. The zero-order valence-corrected chi connectivity index (χ0v) is 17.3. The number of rotatable bonds is 6. The molecule has 2 aromatic heterocycles. The number of aryl methyl sites for hydroxylation is 1. The zero-order valence-electron chi connectivity index (χ0n) is 17.3. The Morgan fingerprint density at radius 1 is 1.27 bits per heavy atom. The minimum absolute atomic E-state index is 0.0898. The highest BCUT2D eigenvalue weighted by Crippen LogP contribution is 2.42. The lowest BCUT2D eigenvalue weighted by Crippen LogP contribution is -2.66. The van der Waals surface area contributed by atoms with Gasteiger partial charge < -0.3 is 18.9 Å². The van der Waals surface area contributed by atoms with Gasteiger partial charge in [0.05, 0.1) is 25.4 Å². The third-order valence-corrected chi connectivity index (χ3v) is 6.52. The van der Waals surface area contributed by atoms with Crippen molar-refractivity contribution in [3.05, 3.63) is 66.1 Å². The number of carbonyl (C=O) groups excluding carboxylic acids is 1. The van der Waals surface area contributed by atoms with Crippen molar-refractivity contribution in [2.45, 2.75) is 25.0 Å². The molecule has 0 unspecified atom stereocenters. The third-order valence-electron chi connectivity index (χ3n) is 6.52. The smallest absolute Gasteiger partial charge is 0.254 e. The maximum absolute atomic E-state index is 13.0. The molecule has 5 rings (SSSR count). The van der Waals surface area contributed by atoms with Gasteiger partial charge in [-0.25, -0.2) is 0 Å². The van der Waals surface area contributed by atoms with Crippen LogP contribution in [-0.4, -0.2) is 52.3 Å². The lowest BCUT2D eigenvalue weighted by Gasteiger charge is -2.50. The molecule has 1 aromatic carbocycles. The summed E-state index contributed by atoms with van der Waals surface area (Å²) in [7, 11) is 2.01. The number of hydrogen-bond donors (Lipinski definition) is 0. The molecule has 2 aliphatic rings. The number of benzene rings is 1. The number of pyridine rings is 1. The molecule has 2 aliphatic heterocycles. The molecule has 0 aliphatic carbocycles. The maximum atomic E-state index is 13.0. The third kappa shape index (κ3) is 3.50. The fourth-order valence-electron chi connectivity index (χ4n) is 4.77. The van der Waals surface area contributed by atoms with Crippen LogP contribution in [0.15, 0.2) is 54.9 Å². The van der Waals surface area contributed by atoms with E-state index in [1.165, 1.54) is 0 Å². The first-order valence-electron chi connectivity index (χ1n) is 10.6. The first-order valence-corrected chi connectivity index (χ1v) is 10.6. The molecule has 0 radical (unpaired) electrons. The molecule has 0 bridgehead atoms. The van der Waals surface area contributed by atoms with Gasteiger partial charge in [-0.2, -0.15) is 0 Å². The van der Waals surface area contributed by atoms with Crippen LogP contribution in [0.3, 0.4) is 0 Å². The van der Waals surface area contributed by atoms with Gasteiger partial charge in [0.1, 0.15) is 5.60 Å². The number of aromatic nitrogens is 2. The molecule has 1 amide bonds. The zero-order chi connectivity index (χ0) is 20.6. The van der Waals surface area contributed by atoms with Gasteiger partial charge >= 0.3 is 0 Å². The standard InChI is InChI=1S/C24H27N3O3/c1-26-11-7-18-14-19(5-6-22(18)26)23(28)27-16-24(17-27)20(9-13-30-24)8-12-29-15-21-4-2-3-10-25-21/h2-7,10-11,14,20H,8-9,12-13,15-17H2,1H3/t20-/m1/s1. The summed E-state index contributed by atoms with van der Waals surface area (Å²) in [6.45, 7) is 3.33. The molecule has 0 N–H and O–H groups in total. The molecule has 2 fully saturated rings. The van der Waals surface area contributed by atoms with Crippen LogP contribution in [-0.2, 0) is 23.1 Å². The summed E-state index contributed by atoms with van der Waals surface area (Å²) in [5.41, 5.74) is 2.64. The van der Waals surface area contributed by atoms with Crippen LogP contribution in [0.25, 0.3) is 10.9 Å². The molecule has 2 saturated heterocycles. The van der Waals surface area contributed by atoms with E-state index in [0.29, 0.717) is 32.2 Å². The van der Waals surface area contributed by atoms with Crippen LogP contribution in [0.1, 0.15) is 28.9 Å². The highest BCUT2D eigenvalue weighted by molar-refractivity contribution is 5.98. The number of hydrogen-bond acceptors (Lipinski definition) is 4. The lowest BCUT2D eigenvalue weighted by atomic mass is 9.79. The Morgan fingerprint density at radius 2 is 2.17 bits per heavy atom. The minimum atomic E-state index is -0.194. The van der Waals surface area contributed by atoms with Gasteiger partial charge in [-0.05, 0) is 55.2 Å². The molecule has 6 nitrogen and oxygen atoms in total. The fourth-order valence-corrected chi connectivity index (χ4v) is 4.77. The largest absolute Gasteiger partial charge is 0.375 e. The molecular weight excluding hydrogens is 378 g/mol. The van der Waals surface area contributed by atoms with Crippen molar-refractivity contribution in [3.8, 4) is 0 Å². The van der Waals surface area contributed by atoms with Crippen molar-refractivity contribution in [1.82, 2.24) is 14.5 Å². The number of ether oxygens (including phenoxy) is 2. The van der Waals surface area contributed by atoms with Crippen molar-refractivity contribution in [3.63, 3.8) is 0 Å². The molecular formula is C24H27N3O3. The van der Waals surface area contributed by atoms with Gasteiger partial charge in [-0.1, -0.05) is 6.07 Å². The van der Waals surface area contributed by atoms with E-state index in [2.05, 4.69) is 9.55 Å². The molecule has 156 valence electrons. The van der Waals surface area contributed by atoms with Crippen LogP contribution in [0.2, 0.25) is 0 Å². The van der Waals surface area contributed by atoms with Gasteiger partial charge in [-0.15, -0.1) is 0 Å². The second-order valence-electron chi connectivity index (χ2n) is 8.42. The summed E-state index contributed by atoms with van der Waals surface area (Å²) in [6, 6.07) is 13.8. The van der Waals surface area contributed by atoms with E-state index in [1.807, 2.05) is 60.6 Å². The van der Waals surface area contributed by atoms with Gasteiger partial charge in [0.2, 0.25) is 0 Å². The van der Waals surface area contributed by atoms with Crippen LogP contribution in [0, 0.1) is 5.92 Å². The normalized spacial score (nSPS) is 20.0. The van der Waals surface area contributed by atoms with Gasteiger partial charge in [0, 0.05) is 49.1 Å². The SMILES string of the molecule is Cn1ccc2cc(C(=O)N3CC4(C3)OCC[C@H]4CCOCc3ccccn3)ccc21. The highest BCUT2D eigenvalue weighted by atomic mass is 16.5. The Bertz CT molecular complexity index is 1040. The Balaban J connectivity index is 1.16. The molecule has 4 heterocycles. The van der Waals surface area contributed by atoms with E-state index in [9.17, 15) is 4.79 Å². The Hall–Kier alpha value is -2.70. The van der Waals surface area contributed by atoms with Crippen LogP contribution in [0.5, 0.6) is 0 Å². The molecule has 3 aromatic rings. The second kappa shape index (κ2) is 7.85. The first-order chi connectivity index (χ1) is 14.6. The average molecular weight is 405 g/mol. The Kier molecular flexibility index (Phi) is 5.05. The maximum Gasteiger partial charge on any atom is 0.254 e. The van der Waals surface area contributed by atoms with E-state index >= 15 is 0 Å². The molecule has 0 saturated carbocycles. The molecule has 30 heavy (non-hydrogen) atoms. The van der Waals surface area contributed by atoms with Gasteiger partial charge in [-0.3, -0.25) is 9.78 Å². The molecule has 1 atom stereocenters. The summed E-state index contributed by atoms with van der Waals surface area (Å²) in [5.74, 6) is 0.522. The Labute approximate surface area is 176 Å². The summed E-state index contributed by atoms with van der Waals surface area (Å²) in [5, 5.41) is 1.10. The minimum Gasteiger partial charge on any atom is -0.375 e. The van der Waals surface area contributed by atoms with Crippen LogP contribution < -0.4 is 0 Å². The van der Waals surface area contributed by atoms with Crippen LogP contribution >= 0.6 is 0 Å². The van der Waals surface area contributed by atoms with Crippen molar-refractivity contribution in [2.75, 3.05) is 26.3 Å². The van der Waals surface area contributed by atoms with Crippen LogP contribution in [0.4, 0.5) is 0 Å². The highest BCUT2D eigenvalue weighted by Gasteiger charge is 2.54. The van der Waals surface area contributed by atoms with Crippen molar-refractivity contribution in [2.24, 2.45) is 13.0 Å². The topological polar surface area (TPSA) is 56.6 Å². The summed E-state index contributed by atoms with van der Waals surface area (Å²) >= 11 is 0. The van der Waals surface area contributed by atoms with Gasteiger partial charge in [0.15, 0.2) is 0 Å². The fraction of sp³-hybridized carbons (Fsp3) is 0.417. The summed E-state index contributed by atoms with van der Waals surface area (Å²) < 4.78 is 14.0. The lowest BCUT2D eigenvalue weighted by molar-refractivity contribution is -0.120. The van der Waals surface area contributed by atoms with Gasteiger partial charge in [0.25, 0.3) is 5.91 Å². The van der Waals surface area contributed by atoms with Crippen molar-refractivity contribution < 1.29 is 14.3 Å². The Morgan fingerprint density at radius 3 is 3.00 bits per heavy atom. The number of amides is 1. The predicted octanol–water partition coefficient (Wildman–Crippen LogP) is 3.41. The predicted molar refractivity (Wildman–Crippen MR) is 114 cm³/mol. The summed E-state index contributed by atoms with van der Waals surface area (Å²) in [4.78, 5) is 19.2. The van der Waals surface area contributed by atoms with E-state index in [4.69, 9.17) is 9.47 Å². The average Bonchev–Trinajstić information content (AvgIpc) is 3.34. The number of carbonyl (C=O) groups is 1. The number of nitrogens with zero attached hydrogens (tertiary/aromatic N) is 3.